The number of nitrogens with two attached hydrogens (primary N) is 1. The molecule has 0 atom stereocenters. The van der Waals surface area contributed by atoms with Crippen LogP contribution >= 0.6 is 0 Å². The minimum Gasteiger partial charge on any atom is -0.454 e. The van der Waals surface area contributed by atoms with Crippen LogP contribution in [0.2, 0.25) is 0 Å². The second-order valence-corrected chi connectivity index (χ2v) is 8.90. The molecule has 0 aliphatic rings. The van der Waals surface area contributed by atoms with E-state index in [2.05, 4.69) is 0 Å². The van der Waals surface area contributed by atoms with Gasteiger partial charge in [0.2, 0.25) is 15.8 Å². The van der Waals surface area contributed by atoms with Gasteiger partial charge in [-0.25, -0.2) is 22.7 Å². The highest BCUT2D eigenvalue weighted by atomic mass is 32.2. The molecule has 2 aromatic rings. The molecule has 0 radical (unpaired) electrons. The van der Waals surface area contributed by atoms with Crippen LogP contribution in [0.4, 0.5) is 4.39 Å². The van der Waals surface area contributed by atoms with Gasteiger partial charge in [-0.15, -0.1) is 0 Å². The van der Waals surface area contributed by atoms with Gasteiger partial charge in [0.15, 0.2) is 6.61 Å². The number of ether oxygens (including phenoxy) is 1. The zero-order chi connectivity index (χ0) is 21.9. The minimum absolute atomic E-state index is 0.0761. The van der Waals surface area contributed by atoms with Gasteiger partial charge in [0, 0.05) is 5.56 Å². The quantitative estimate of drug-likeness (QED) is 0.541. The Balaban J connectivity index is 2.22. The number of primary sulfonamides is 1. The lowest BCUT2D eigenvalue weighted by molar-refractivity contribution is 0.0469. The Bertz CT molecular complexity index is 1050. The first-order valence-electron chi connectivity index (χ1n) is 9.08. The number of sulfonamides is 1. The maximum atomic E-state index is 13.9. The summed E-state index contributed by atoms with van der Waals surface area (Å²) in [5.41, 5.74) is 1.74. The molecule has 0 unspecified atom stereocenters. The zero-order valence-electron chi connectivity index (χ0n) is 16.7. The van der Waals surface area contributed by atoms with Crippen LogP contribution < -0.4 is 5.14 Å². The normalized spacial score (nSPS) is 11.7. The molecular weight excluding hydrogens is 397 g/mol. The number of hydrogen-bond donors (Lipinski definition) is 1. The second-order valence-electron chi connectivity index (χ2n) is 7.34. The third-order valence-corrected chi connectivity index (χ3v) is 5.40. The topological polar surface area (TPSA) is 104 Å². The van der Waals surface area contributed by atoms with Gasteiger partial charge in [-0.1, -0.05) is 45.9 Å². The van der Waals surface area contributed by atoms with Gasteiger partial charge in [0.05, 0.1) is 10.5 Å². The van der Waals surface area contributed by atoms with Crippen molar-refractivity contribution in [3.05, 3.63) is 64.5 Å². The van der Waals surface area contributed by atoms with Crippen LogP contribution in [-0.4, -0.2) is 26.8 Å². The van der Waals surface area contributed by atoms with Crippen LogP contribution in [0.25, 0.3) is 0 Å². The Morgan fingerprint density at radius 1 is 1.00 bits per heavy atom. The van der Waals surface area contributed by atoms with Crippen molar-refractivity contribution in [3.63, 3.8) is 0 Å². The van der Waals surface area contributed by atoms with E-state index in [-0.39, 0.29) is 5.92 Å². The SMILES string of the molecule is CC(C)c1ccc(C(=O)COC(=O)c2cc(S(N)(=O)=O)ccc2F)c(C(C)C)c1. The smallest absolute Gasteiger partial charge is 0.341 e. The first-order chi connectivity index (χ1) is 13.4. The van der Waals surface area contributed by atoms with E-state index in [0.717, 1.165) is 29.3 Å². The molecule has 0 bridgehead atoms. The molecule has 29 heavy (non-hydrogen) atoms. The van der Waals surface area contributed by atoms with Crippen molar-refractivity contribution in [1.29, 1.82) is 0 Å². The van der Waals surface area contributed by atoms with E-state index in [0.29, 0.717) is 11.5 Å². The number of benzene rings is 2. The Morgan fingerprint density at radius 2 is 1.66 bits per heavy atom. The lowest BCUT2D eigenvalue weighted by atomic mass is 9.90. The van der Waals surface area contributed by atoms with E-state index in [1.54, 1.807) is 6.07 Å². The van der Waals surface area contributed by atoms with Gasteiger partial charge in [-0.2, -0.15) is 0 Å². The molecule has 0 aliphatic heterocycles. The Hall–Kier alpha value is -2.58. The van der Waals surface area contributed by atoms with Crippen LogP contribution in [0.3, 0.4) is 0 Å². The molecule has 8 heteroatoms. The summed E-state index contributed by atoms with van der Waals surface area (Å²) < 4.78 is 41.7. The predicted octanol–water partition coefficient (Wildman–Crippen LogP) is 3.76. The highest BCUT2D eigenvalue weighted by Crippen LogP contribution is 2.25. The van der Waals surface area contributed by atoms with Crippen LogP contribution in [0.1, 0.15) is 71.4 Å². The summed E-state index contributed by atoms with van der Waals surface area (Å²) in [6.45, 7) is 7.41. The summed E-state index contributed by atoms with van der Waals surface area (Å²) in [5, 5.41) is 5.00. The van der Waals surface area contributed by atoms with Gasteiger partial charge in [0.25, 0.3) is 0 Å². The van der Waals surface area contributed by atoms with Gasteiger partial charge >= 0.3 is 5.97 Å². The molecule has 0 amide bonds. The number of ketones is 1. The number of hydrogen-bond acceptors (Lipinski definition) is 5. The van der Waals surface area contributed by atoms with Crippen molar-refractivity contribution >= 4 is 21.8 Å². The number of carbonyl (C=O) groups is 2. The van der Waals surface area contributed by atoms with Crippen LogP contribution in [-0.2, 0) is 14.8 Å². The average molecular weight is 421 g/mol. The van der Waals surface area contributed by atoms with Crippen molar-refractivity contribution in [2.75, 3.05) is 6.61 Å². The lowest BCUT2D eigenvalue weighted by Crippen LogP contribution is -2.18. The maximum absolute atomic E-state index is 13.9. The van der Waals surface area contributed by atoms with Gasteiger partial charge in [0.1, 0.15) is 5.82 Å². The summed E-state index contributed by atoms with van der Waals surface area (Å²) in [7, 11) is -4.12. The Morgan fingerprint density at radius 3 is 2.21 bits per heavy atom. The molecule has 0 heterocycles. The monoisotopic (exact) mass is 421 g/mol. The van der Waals surface area contributed by atoms with Crippen molar-refractivity contribution in [2.45, 2.75) is 44.4 Å². The first kappa shape index (κ1) is 22.7. The third kappa shape index (κ3) is 5.48. The summed E-state index contributed by atoms with van der Waals surface area (Å²) >= 11 is 0. The summed E-state index contributed by atoms with van der Waals surface area (Å²) in [4.78, 5) is 24.4. The third-order valence-electron chi connectivity index (χ3n) is 4.49. The molecule has 2 N–H and O–H groups in total. The minimum atomic E-state index is -4.12. The summed E-state index contributed by atoms with van der Waals surface area (Å²) in [6, 6.07) is 8.04. The molecule has 0 aromatic heterocycles. The lowest BCUT2D eigenvalue weighted by Gasteiger charge is -2.16. The maximum Gasteiger partial charge on any atom is 0.341 e. The van der Waals surface area contributed by atoms with E-state index in [4.69, 9.17) is 9.88 Å². The Kier molecular flexibility index (Phi) is 6.92. The largest absolute Gasteiger partial charge is 0.454 e. The molecule has 2 rings (SSSR count). The molecule has 0 fully saturated rings. The van der Waals surface area contributed by atoms with E-state index >= 15 is 0 Å². The van der Waals surface area contributed by atoms with E-state index < -0.39 is 44.7 Å². The van der Waals surface area contributed by atoms with E-state index in [9.17, 15) is 22.4 Å². The molecule has 6 nitrogen and oxygen atoms in total. The van der Waals surface area contributed by atoms with Crippen LogP contribution in [0, 0.1) is 5.82 Å². The molecular formula is C21H24FNO5S. The number of rotatable bonds is 7. The van der Waals surface area contributed by atoms with E-state index in [1.165, 1.54) is 0 Å². The highest BCUT2D eigenvalue weighted by molar-refractivity contribution is 7.89. The number of halogens is 1. The first-order valence-corrected chi connectivity index (χ1v) is 10.6. The van der Waals surface area contributed by atoms with Crippen molar-refractivity contribution in [3.8, 4) is 0 Å². The van der Waals surface area contributed by atoms with E-state index in [1.807, 2.05) is 39.8 Å². The fourth-order valence-electron chi connectivity index (χ4n) is 2.80. The molecule has 2 aromatic carbocycles. The van der Waals surface area contributed by atoms with Crippen molar-refractivity contribution in [1.82, 2.24) is 0 Å². The average Bonchev–Trinajstić information content (AvgIpc) is 2.64. The predicted molar refractivity (Wildman–Crippen MR) is 107 cm³/mol. The highest BCUT2D eigenvalue weighted by Gasteiger charge is 2.21. The fourth-order valence-corrected chi connectivity index (χ4v) is 3.34. The van der Waals surface area contributed by atoms with Crippen molar-refractivity contribution < 1.29 is 27.1 Å². The number of carbonyl (C=O) groups excluding carboxylic acids is 2. The molecule has 0 aliphatic carbocycles. The molecule has 0 saturated carbocycles. The van der Waals surface area contributed by atoms with Gasteiger partial charge in [-0.3, -0.25) is 4.79 Å². The van der Waals surface area contributed by atoms with Crippen molar-refractivity contribution in [2.24, 2.45) is 5.14 Å². The molecule has 0 spiro atoms. The molecule has 156 valence electrons. The number of Topliss-reactive ketones (excluding diaryl/α,β-unsaturated/α-hetero) is 1. The number of esters is 1. The standard InChI is InChI=1S/C21H24FNO5S/c1-12(2)14-5-7-16(17(9-14)13(3)4)20(24)11-28-21(25)18-10-15(29(23,26)27)6-8-19(18)22/h5-10,12-13H,11H2,1-4H3,(H2,23,26,27). The molecule has 0 saturated heterocycles. The van der Waals surface area contributed by atoms with Gasteiger partial charge < -0.3 is 4.74 Å². The zero-order valence-corrected chi connectivity index (χ0v) is 17.5. The van der Waals surface area contributed by atoms with Crippen LogP contribution in [0.15, 0.2) is 41.3 Å². The van der Waals surface area contributed by atoms with Gasteiger partial charge in [-0.05, 0) is 41.2 Å². The second kappa shape index (κ2) is 8.84. The summed E-state index contributed by atoms with van der Waals surface area (Å²) in [6.07, 6.45) is 0. The van der Waals surface area contributed by atoms with Crippen LogP contribution in [0.5, 0.6) is 0 Å². The fraction of sp³-hybridized carbons (Fsp3) is 0.333. The Labute approximate surface area is 169 Å². The summed E-state index contributed by atoms with van der Waals surface area (Å²) in [5.74, 6) is -2.18.